The zero-order valence-electron chi connectivity index (χ0n) is 15.0. The maximum absolute atomic E-state index is 12.7. The van der Waals surface area contributed by atoms with E-state index in [1.54, 1.807) is 4.90 Å². The third-order valence-corrected chi connectivity index (χ3v) is 5.49. The quantitative estimate of drug-likeness (QED) is 0.912. The van der Waals surface area contributed by atoms with Crippen molar-refractivity contribution >= 4 is 11.8 Å². The molecule has 0 spiro atoms. The number of aliphatic hydroxyl groups excluding tert-OH is 1. The summed E-state index contributed by atoms with van der Waals surface area (Å²) in [5.74, 6) is 0.114. The number of amides is 2. The molecule has 0 radical (unpaired) electrons. The second-order valence-electron chi connectivity index (χ2n) is 7.21. The highest BCUT2D eigenvalue weighted by molar-refractivity contribution is 5.84. The Labute approximate surface area is 149 Å². The van der Waals surface area contributed by atoms with E-state index >= 15 is 0 Å². The molecule has 2 aliphatic rings. The van der Waals surface area contributed by atoms with Gasteiger partial charge in [-0.2, -0.15) is 0 Å². The van der Waals surface area contributed by atoms with E-state index in [4.69, 9.17) is 0 Å². The predicted octanol–water partition coefficient (Wildman–Crippen LogP) is 2.42. The van der Waals surface area contributed by atoms with Gasteiger partial charge in [0.05, 0.1) is 12.1 Å². The molecule has 0 aromatic heterocycles. The summed E-state index contributed by atoms with van der Waals surface area (Å²) in [5, 5.41) is 9.53. The van der Waals surface area contributed by atoms with Crippen molar-refractivity contribution in [2.24, 2.45) is 0 Å². The zero-order chi connectivity index (χ0) is 17.8. The van der Waals surface area contributed by atoms with E-state index in [9.17, 15) is 14.7 Å². The van der Waals surface area contributed by atoms with Gasteiger partial charge >= 0.3 is 0 Å². The minimum atomic E-state index is -0.287. The number of hydrogen-bond donors (Lipinski definition) is 1. The van der Waals surface area contributed by atoms with Crippen LogP contribution in [0.3, 0.4) is 0 Å². The summed E-state index contributed by atoms with van der Waals surface area (Å²) >= 11 is 0. The lowest BCUT2D eigenvalue weighted by atomic mass is 9.99. The number of piperidine rings is 1. The van der Waals surface area contributed by atoms with Crippen LogP contribution in [0.5, 0.6) is 0 Å². The maximum Gasteiger partial charge on any atom is 0.223 e. The molecule has 136 valence electrons. The highest BCUT2D eigenvalue weighted by Gasteiger charge is 2.31. The third-order valence-electron chi connectivity index (χ3n) is 5.49. The van der Waals surface area contributed by atoms with Gasteiger partial charge in [-0.15, -0.1) is 0 Å². The highest BCUT2D eigenvalue weighted by Crippen LogP contribution is 2.34. The van der Waals surface area contributed by atoms with E-state index in [1.807, 2.05) is 17.0 Å². The zero-order valence-corrected chi connectivity index (χ0v) is 15.0. The van der Waals surface area contributed by atoms with Gasteiger partial charge in [-0.05, 0) is 43.7 Å². The first-order valence-corrected chi connectivity index (χ1v) is 9.37. The Morgan fingerprint density at radius 2 is 1.72 bits per heavy atom. The van der Waals surface area contributed by atoms with Crippen LogP contribution in [0.1, 0.15) is 55.7 Å². The smallest absolute Gasteiger partial charge is 0.223 e. The molecule has 5 heteroatoms. The first kappa shape index (κ1) is 17.9. The summed E-state index contributed by atoms with van der Waals surface area (Å²) in [6.07, 6.45) is 3.55. The van der Waals surface area contributed by atoms with Crippen LogP contribution in [0.15, 0.2) is 24.3 Å². The molecule has 3 rings (SSSR count). The Hall–Kier alpha value is -1.88. The molecular formula is C20H28N2O3. The molecule has 5 nitrogen and oxygen atoms in total. The SMILES string of the molecule is Cc1ccccc1[C@H]1CCCN1C(=O)CCC(=O)N1CCC(O)CC1. The first-order valence-electron chi connectivity index (χ1n) is 9.37. The number of rotatable bonds is 4. The molecule has 1 aromatic carbocycles. The van der Waals surface area contributed by atoms with Crippen LogP contribution in [0.25, 0.3) is 0 Å². The highest BCUT2D eigenvalue weighted by atomic mass is 16.3. The van der Waals surface area contributed by atoms with Gasteiger partial charge in [0, 0.05) is 32.5 Å². The Bertz CT molecular complexity index is 623. The lowest BCUT2D eigenvalue weighted by Crippen LogP contribution is -2.40. The molecule has 2 aliphatic heterocycles. The summed E-state index contributed by atoms with van der Waals surface area (Å²) in [6.45, 7) is 4.07. The molecule has 0 bridgehead atoms. The van der Waals surface area contributed by atoms with Gasteiger partial charge in [0.15, 0.2) is 0 Å². The van der Waals surface area contributed by atoms with Crippen LogP contribution in [-0.2, 0) is 9.59 Å². The Morgan fingerprint density at radius 1 is 1.04 bits per heavy atom. The molecule has 25 heavy (non-hydrogen) atoms. The summed E-state index contributed by atoms with van der Waals surface area (Å²) in [6, 6.07) is 8.39. The van der Waals surface area contributed by atoms with Crippen LogP contribution in [-0.4, -0.2) is 52.5 Å². The summed E-state index contributed by atoms with van der Waals surface area (Å²) in [5.41, 5.74) is 2.44. The molecule has 1 aromatic rings. The average molecular weight is 344 g/mol. The Balaban J connectivity index is 1.55. The van der Waals surface area contributed by atoms with Crippen LogP contribution < -0.4 is 0 Å². The van der Waals surface area contributed by atoms with Gasteiger partial charge in [-0.1, -0.05) is 24.3 Å². The summed E-state index contributed by atoms with van der Waals surface area (Å²) in [4.78, 5) is 28.7. The maximum atomic E-state index is 12.7. The second kappa shape index (κ2) is 8.00. The molecule has 1 atom stereocenters. The number of nitrogens with zero attached hydrogens (tertiary/aromatic N) is 2. The monoisotopic (exact) mass is 344 g/mol. The van der Waals surface area contributed by atoms with Crippen molar-refractivity contribution in [3.63, 3.8) is 0 Å². The van der Waals surface area contributed by atoms with Crippen LogP contribution in [0.2, 0.25) is 0 Å². The van der Waals surface area contributed by atoms with Crippen LogP contribution in [0, 0.1) is 6.92 Å². The number of aliphatic hydroxyl groups is 1. The van der Waals surface area contributed by atoms with E-state index in [1.165, 1.54) is 11.1 Å². The number of carbonyl (C=O) groups excluding carboxylic acids is 2. The molecule has 2 heterocycles. The number of likely N-dealkylation sites (tertiary alicyclic amines) is 2. The van der Waals surface area contributed by atoms with Crippen LogP contribution in [0.4, 0.5) is 0 Å². The van der Waals surface area contributed by atoms with Crippen molar-refractivity contribution in [1.29, 1.82) is 0 Å². The van der Waals surface area contributed by atoms with Crippen molar-refractivity contribution in [3.8, 4) is 0 Å². The van der Waals surface area contributed by atoms with Gasteiger partial charge in [-0.25, -0.2) is 0 Å². The fraction of sp³-hybridized carbons (Fsp3) is 0.600. The fourth-order valence-corrected chi connectivity index (χ4v) is 3.98. The molecule has 0 aliphatic carbocycles. The lowest BCUT2D eigenvalue weighted by molar-refractivity contribution is -0.138. The van der Waals surface area contributed by atoms with Gasteiger partial charge in [0.2, 0.25) is 11.8 Å². The topological polar surface area (TPSA) is 60.9 Å². The molecule has 2 amide bonds. The Morgan fingerprint density at radius 3 is 2.44 bits per heavy atom. The molecule has 2 fully saturated rings. The van der Waals surface area contributed by atoms with E-state index in [2.05, 4.69) is 19.1 Å². The van der Waals surface area contributed by atoms with Gasteiger partial charge in [0.25, 0.3) is 0 Å². The lowest BCUT2D eigenvalue weighted by Gasteiger charge is -2.30. The first-order chi connectivity index (χ1) is 12.1. The van der Waals surface area contributed by atoms with E-state index in [0.717, 1.165) is 19.4 Å². The van der Waals surface area contributed by atoms with Crippen molar-refractivity contribution in [2.45, 2.75) is 57.6 Å². The van der Waals surface area contributed by atoms with Crippen molar-refractivity contribution in [1.82, 2.24) is 9.80 Å². The summed E-state index contributed by atoms with van der Waals surface area (Å²) in [7, 11) is 0. The number of benzene rings is 1. The molecule has 0 unspecified atom stereocenters. The number of aryl methyl sites for hydroxylation is 1. The van der Waals surface area contributed by atoms with E-state index in [0.29, 0.717) is 25.9 Å². The van der Waals surface area contributed by atoms with Gasteiger partial charge < -0.3 is 14.9 Å². The average Bonchev–Trinajstić information content (AvgIpc) is 3.10. The predicted molar refractivity (Wildman–Crippen MR) is 95.9 cm³/mol. The van der Waals surface area contributed by atoms with Crippen molar-refractivity contribution in [3.05, 3.63) is 35.4 Å². The molecule has 2 saturated heterocycles. The van der Waals surface area contributed by atoms with Crippen LogP contribution >= 0.6 is 0 Å². The summed E-state index contributed by atoms with van der Waals surface area (Å²) < 4.78 is 0. The van der Waals surface area contributed by atoms with E-state index in [-0.39, 0.29) is 36.8 Å². The molecule has 1 N–H and O–H groups in total. The largest absolute Gasteiger partial charge is 0.393 e. The Kier molecular flexibility index (Phi) is 5.74. The standard InChI is InChI=1S/C20H28N2O3/c1-15-5-2-3-6-17(15)18-7-4-12-22(18)20(25)9-8-19(24)21-13-10-16(23)11-14-21/h2-3,5-6,16,18,23H,4,7-14H2,1H3/t18-/m1/s1. The van der Waals surface area contributed by atoms with Crippen molar-refractivity contribution < 1.29 is 14.7 Å². The van der Waals surface area contributed by atoms with Gasteiger partial charge in [-0.3, -0.25) is 9.59 Å². The normalized spacial score (nSPS) is 21.6. The third kappa shape index (κ3) is 4.21. The molecular weight excluding hydrogens is 316 g/mol. The number of hydrogen-bond acceptors (Lipinski definition) is 3. The van der Waals surface area contributed by atoms with Gasteiger partial charge in [0.1, 0.15) is 0 Å². The minimum absolute atomic E-state index is 0.0342. The number of carbonyl (C=O) groups is 2. The molecule has 0 saturated carbocycles. The fourth-order valence-electron chi connectivity index (χ4n) is 3.98. The minimum Gasteiger partial charge on any atom is -0.393 e. The van der Waals surface area contributed by atoms with E-state index < -0.39 is 0 Å². The second-order valence-corrected chi connectivity index (χ2v) is 7.21. The van der Waals surface area contributed by atoms with Crippen molar-refractivity contribution in [2.75, 3.05) is 19.6 Å².